The van der Waals surface area contributed by atoms with Gasteiger partial charge in [-0.1, -0.05) is 170 Å². The molecule has 0 saturated carbocycles. The summed E-state index contributed by atoms with van der Waals surface area (Å²) in [6.45, 7) is 0. The van der Waals surface area contributed by atoms with Crippen molar-refractivity contribution in [1.29, 1.82) is 0 Å². The highest BCUT2D eigenvalue weighted by Crippen LogP contribution is 2.45. The van der Waals surface area contributed by atoms with E-state index in [9.17, 15) is 0 Å². The fourth-order valence-corrected chi connectivity index (χ4v) is 7.34. The van der Waals surface area contributed by atoms with Gasteiger partial charge >= 0.3 is 0 Å². The monoisotopic (exact) mass is 582 g/mol. The zero-order valence-corrected chi connectivity index (χ0v) is 25.3. The molecule has 9 aromatic carbocycles. The maximum absolute atomic E-state index is 2.34. The Morgan fingerprint density at radius 2 is 0.674 bits per heavy atom. The summed E-state index contributed by atoms with van der Waals surface area (Å²) in [7, 11) is 0. The maximum Gasteiger partial charge on any atom is -0.00262 e. The summed E-state index contributed by atoms with van der Waals surface area (Å²) in [5.74, 6) is 0. The summed E-state index contributed by atoms with van der Waals surface area (Å²) in [6.07, 6.45) is 0. The summed E-state index contributed by atoms with van der Waals surface area (Å²) in [5, 5.41) is 10.2. The third-order valence-corrected chi connectivity index (χ3v) is 9.44. The molecule has 46 heavy (non-hydrogen) atoms. The van der Waals surface area contributed by atoms with Crippen LogP contribution in [0.5, 0.6) is 0 Å². The summed E-state index contributed by atoms with van der Waals surface area (Å²) in [5.41, 5.74) is 9.99. The van der Waals surface area contributed by atoms with E-state index in [0.717, 1.165) is 0 Å². The third-order valence-electron chi connectivity index (χ3n) is 9.44. The van der Waals surface area contributed by atoms with Gasteiger partial charge in [0.1, 0.15) is 0 Å². The van der Waals surface area contributed by atoms with Gasteiger partial charge in [-0.05, 0) is 99.7 Å². The van der Waals surface area contributed by atoms with Crippen LogP contribution >= 0.6 is 0 Å². The van der Waals surface area contributed by atoms with Gasteiger partial charge in [-0.15, -0.1) is 0 Å². The molecular weight excluding hydrogens is 553 g/mol. The van der Waals surface area contributed by atoms with Crippen LogP contribution in [-0.2, 0) is 0 Å². The Labute approximate surface area is 268 Å². The molecule has 0 heteroatoms. The second-order valence-corrected chi connectivity index (χ2v) is 12.1. The van der Waals surface area contributed by atoms with Gasteiger partial charge in [-0.2, -0.15) is 0 Å². The third kappa shape index (κ3) is 4.30. The molecule has 0 radical (unpaired) electrons. The topological polar surface area (TPSA) is 0 Å². The van der Waals surface area contributed by atoms with Gasteiger partial charge in [0, 0.05) is 0 Å². The van der Waals surface area contributed by atoms with Crippen molar-refractivity contribution in [2.75, 3.05) is 0 Å². The molecular formula is C46H30. The van der Waals surface area contributed by atoms with Crippen molar-refractivity contribution in [3.8, 4) is 44.5 Å². The quantitative estimate of drug-likeness (QED) is 0.143. The van der Waals surface area contributed by atoms with E-state index in [4.69, 9.17) is 0 Å². The highest BCUT2D eigenvalue weighted by Gasteiger charge is 2.17. The highest BCUT2D eigenvalue weighted by molar-refractivity contribution is 6.21. The Balaban J connectivity index is 1.24. The first-order valence-corrected chi connectivity index (χ1v) is 15.9. The van der Waals surface area contributed by atoms with Crippen molar-refractivity contribution >= 4 is 43.1 Å². The Bertz CT molecular complexity index is 2500. The van der Waals surface area contributed by atoms with Crippen LogP contribution in [0, 0.1) is 0 Å². The normalized spacial score (nSPS) is 11.5. The highest BCUT2D eigenvalue weighted by atomic mass is 14.2. The number of benzene rings is 9. The molecule has 0 aliphatic carbocycles. The lowest BCUT2D eigenvalue weighted by atomic mass is 9.85. The zero-order chi connectivity index (χ0) is 30.5. The van der Waals surface area contributed by atoms with Gasteiger partial charge < -0.3 is 0 Å². The summed E-state index contributed by atoms with van der Waals surface area (Å²) in [4.78, 5) is 0. The molecule has 9 aromatic rings. The fourth-order valence-electron chi connectivity index (χ4n) is 7.34. The van der Waals surface area contributed by atoms with Crippen LogP contribution in [0.2, 0.25) is 0 Å². The van der Waals surface area contributed by atoms with Gasteiger partial charge in [0.2, 0.25) is 0 Å². The number of rotatable bonds is 4. The van der Waals surface area contributed by atoms with Crippen LogP contribution in [-0.4, -0.2) is 0 Å². The standard InChI is InChI=1S/C46H30/c1-2-13-31(14-3-1)34-16-12-17-36(29-34)46-42-23-10-8-21-40(42)45(41-22-9-11-24-43(41)46)33-27-25-32(26-28-33)44-30-35-15-4-5-18-37(35)38-19-6-7-20-39(38)44/h1-30H. The fraction of sp³-hybridized carbons (Fsp3) is 0. The van der Waals surface area contributed by atoms with E-state index < -0.39 is 0 Å². The summed E-state index contributed by atoms with van der Waals surface area (Å²) < 4.78 is 0. The Kier molecular flexibility index (Phi) is 6.25. The molecule has 0 N–H and O–H groups in total. The van der Waals surface area contributed by atoms with E-state index in [-0.39, 0.29) is 0 Å². The SMILES string of the molecule is c1ccc(-c2cccc(-c3c4ccccc4c(-c4ccc(-c5cc6ccccc6c6ccccc56)cc4)c4ccccc34)c2)cc1. The molecule has 0 amide bonds. The molecule has 0 aliphatic heterocycles. The second kappa shape index (κ2) is 10.9. The molecule has 0 atom stereocenters. The van der Waals surface area contributed by atoms with E-state index in [1.165, 1.54) is 87.6 Å². The van der Waals surface area contributed by atoms with Gasteiger partial charge in [-0.3, -0.25) is 0 Å². The molecule has 0 aromatic heterocycles. The first-order valence-electron chi connectivity index (χ1n) is 15.9. The van der Waals surface area contributed by atoms with Crippen LogP contribution in [0.15, 0.2) is 182 Å². The molecule has 0 aliphatic rings. The maximum atomic E-state index is 2.34. The largest absolute Gasteiger partial charge is 0.0622 e. The van der Waals surface area contributed by atoms with Crippen LogP contribution < -0.4 is 0 Å². The van der Waals surface area contributed by atoms with E-state index in [0.29, 0.717) is 0 Å². The van der Waals surface area contributed by atoms with Crippen LogP contribution in [0.25, 0.3) is 87.6 Å². The average Bonchev–Trinajstić information content (AvgIpc) is 3.14. The molecule has 0 heterocycles. The Morgan fingerprint density at radius 1 is 0.217 bits per heavy atom. The average molecular weight is 583 g/mol. The second-order valence-electron chi connectivity index (χ2n) is 12.1. The van der Waals surface area contributed by atoms with Crippen molar-refractivity contribution in [2.24, 2.45) is 0 Å². The minimum Gasteiger partial charge on any atom is -0.0622 e. The van der Waals surface area contributed by atoms with E-state index >= 15 is 0 Å². The van der Waals surface area contributed by atoms with Crippen molar-refractivity contribution in [1.82, 2.24) is 0 Å². The molecule has 214 valence electrons. The van der Waals surface area contributed by atoms with Gasteiger partial charge in [-0.25, -0.2) is 0 Å². The summed E-state index contributed by atoms with van der Waals surface area (Å²) >= 11 is 0. The number of hydrogen-bond acceptors (Lipinski definition) is 0. The lowest BCUT2D eigenvalue weighted by Gasteiger charge is -2.18. The van der Waals surface area contributed by atoms with E-state index in [1.54, 1.807) is 0 Å². The van der Waals surface area contributed by atoms with Crippen molar-refractivity contribution in [2.45, 2.75) is 0 Å². The lowest BCUT2D eigenvalue weighted by Crippen LogP contribution is -1.91. The molecule has 0 fully saturated rings. The molecule has 0 nitrogen and oxygen atoms in total. The minimum absolute atomic E-state index is 1.23. The molecule has 0 spiro atoms. The van der Waals surface area contributed by atoms with Crippen molar-refractivity contribution in [3.63, 3.8) is 0 Å². The molecule has 0 unspecified atom stereocenters. The molecule has 0 saturated heterocycles. The van der Waals surface area contributed by atoms with Crippen LogP contribution in [0.4, 0.5) is 0 Å². The van der Waals surface area contributed by atoms with Crippen molar-refractivity contribution < 1.29 is 0 Å². The predicted octanol–water partition coefficient (Wildman–Crippen LogP) is 13.0. The minimum atomic E-state index is 1.23. The zero-order valence-electron chi connectivity index (χ0n) is 25.3. The van der Waals surface area contributed by atoms with Crippen LogP contribution in [0.1, 0.15) is 0 Å². The van der Waals surface area contributed by atoms with Crippen molar-refractivity contribution in [3.05, 3.63) is 182 Å². The first-order chi connectivity index (χ1) is 22.8. The molecule has 0 bridgehead atoms. The van der Waals surface area contributed by atoms with Crippen LogP contribution in [0.3, 0.4) is 0 Å². The summed E-state index contributed by atoms with van der Waals surface area (Å²) in [6, 6.07) is 66.5. The van der Waals surface area contributed by atoms with Gasteiger partial charge in [0.25, 0.3) is 0 Å². The predicted molar refractivity (Wildman–Crippen MR) is 198 cm³/mol. The Morgan fingerprint density at radius 3 is 1.33 bits per heavy atom. The van der Waals surface area contributed by atoms with Gasteiger partial charge in [0.15, 0.2) is 0 Å². The van der Waals surface area contributed by atoms with Gasteiger partial charge in [0.05, 0.1) is 0 Å². The first kappa shape index (κ1) is 26.4. The lowest BCUT2D eigenvalue weighted by molar-refractivity contribution is 1.61. The van der Waals surface area contributed by atoms with E-state index in [2.05, 4.69) is 182 Å². The number of fused-ring (bicyclic) bond motifs is 5. The Hall–Kier alpha value is -5.98. The molecule has 9 rings (SSSR count). The van der Waals surface area contributed by atoms with E-state index in [1.807, 2.05) is 0 Å². The number of hydrogen-bond donors (Lipinski definition) is 0. The smallest absolute Gasteiger partial charge is 0.00262 e.